The zero-order valence-corrected chi connectivity index (χ0v) is 16.9. The molecule has 1 aliphatic rings. The van der Waals surface area contributed by atoms with Gasteiger partial charge in [0.1, 0.15) is 11.6 Å². The molecule has 1 heterocycles. The van der Waals surface area contributed by atoms with Gasteiger partial charge in [0.2, 0.25) is 0 Å². The zero-order valence-electron chi connectivity index (χ0n) is 16.9. The third kappa shape index (κ3) is 5.14. The van der Waals surface area contributed by atoms with Crippen LogP contribution in [0.4, 0.5) is 8.78 Å². The number of piperazine rings is 1. The SMILES string of the molecule is Fc1ccc(C(c2ccc(F)cc2)N2CCN(/C=C\Cc3ccccc3)CC2)cc1. The molecular weight excluding hydrogens is 378 g/mol. The number of halogens is 2. The molecule has 3 aromatic carbocycles. The number of nitrogens with zero attached hydrogens (tertiary/aromatic N) is 2. The van der Waals surface area contributed by atoms with Gasteiger partial charge in [0, 0.05) is 26.2 Å². The molecule has 3 aromatic rings. The molecule has 0 atom stereocenters. The lowest BCUT2D eigenvalue weighted by Crippen LogP contribution is -2.45. The maximum Gasteiger partial charge on any atom is 0.123 e. The molecule has 0 spiro atoms. The minimum Gasteiger partial charge on any atom is -0.375 e. The summed E-state index contributed by atoms with van der Waals surface area (Å²) in [7, 11) is 0. The van der Waals surface area contributed by atoms with Gasteiger partial charge >= 0.3 is 0 Å². The molecule has 0 N–H and O–H groups in total. The molecule has 0 saturated carbocycles. The van der Waals surface area contributed by atoms with Crippen LogP contribution in [0.1, 0.15) is 22.7 Å². The summed E-state index contributed by atoms with van der Waals surface area (Å²) in [6.07, 6.45) is 5.33. The van der Waals surface area contributed by atoms with Gasteiger partial charge in [0.15, 0.2) is 0 Å². The lowest BCUT2D eigenvalue weighted by atomic mass is 9.96. The van der Waals surface area contributed by atoms with Crippen molar-refractivity contribution in [1.82, 2.24) is 9.80 Å². The van der Waals surface area contributed by atoms with E-state index < -0.39 is 0 Å². The van der Waals surface area contributed by atoms with E-state index in [2.05, 4.69) is 46.3 Å². The first-order chi connectivity index (χ1) is 14.7. The summed E-state index contributed by atoms with van der Waals surface area (Å²) < 4.78 is 26.9. The Morgan fingerprint density at radius 2 is 1.23 bits per heavy atom. The Bertz CT molecular complexity index is 899. The molecule has 0 bridgehead atoms. The van der Waals surface area contributed by atoms with Crippen LogP contribution in [-0.4, -0.2) is 36.0 Å². The highest BCUT2D eigenvalue weighted by Crippen LogP contribution is 2.30. The molecule has 4 heteroatoms. The van der Waals surface area contributed by atoms with E-state index in [4.69, 9.17) is 0 Å². The van der Waals surface area contributed by atoms with Crippen molar-refractivity contribution in [3.05, 3.63) is 119 Å². The quantitative estimate of drug-likeness (QED) is 0.541. The van der Waals surface area contributed by atoms with E-state index in [0.717, 1.165) is 43.7 Å². The van der Waals surface area contributed by atoms with Gasteiger partial charge in [-0.25, -0.2) is 8.78 Å². The largest absolute Gasteiger partial charge is 0.375 e. The Labute approximate surface area is 177 Å². The summed E-state index contributed by atoms with van der Waals surface area (Å²) in [6, 6.07) is 23.7. The van der Waals surface area contributed by atoms with Crippen molar-refractivity contribution < 1.29 is 8.78 Å². The van der Waals surface area contributed by atoms with Crippen molar-refractivity contribution in [3.8, 4) is 0 Å². The van der Waals surface area contributed by atoms with Gasteiger partial charge in [-0.15, -0.1) is 0 Å². The van der Waals surface area contributed by atoms with E-state index in [1.54, 1.807) is 0 Å². The van der Waals surface area contributed by atoms with Gasteiger partial charge in [-0.1, -0.05) is 60.7 Å². The lowest BCUT2D eigenvalue weighted by molar-refractivity contribution is 0.139. The predicted molar refractivity (Wildman–Crippen MR) is 117 cm³/mol. The van der Waals surface area contributed by atoms with E-state index in [1.807, 2.05) is 30.3 Å². The van der Waals surface area contributed by atoms with Crippen molar-refractivity contribution >= 4 is 0 Å². The Morgan fingerprint density at radius 1 is 0.700 bits per heavy atom. The van der Waals surface area contributed by atoms with Crippen LogP contribution in [0.15, 0.2) is 91.1 Å². The maximum atomic E-state index is 13.5. The van der Waals surface area contributed by atoms with Crippen molar-refractivity contribution in [2.75, 3.05) is 26.2 Å². The fraction of sp³-hybridized carbons (Fsp3) is 0.231. The Hall–Kier alpha value is -2.98. The van der Waals surface area contributed by atoms with E-state index in [1.165, 1.54) is 29.8 Å². The molecule has 154 valence electrons. The Morgan fingerprint density at radius 3 is 1.77 bits per heavy atom. The zero-order chi connectivity index (χ0) is 20.8. The fourth-order valence-corrected chi connectivity index (χ4v) is 4.00. The van der Waals surface area contributed by atoms with Gasteiger partial charge in [-0.3, -0.25) is 4.90 Å². The molecule has 1 fully saturated rings. The van der Waals surface area contributed by atoms with E-state index >= 15 is 0 Å². The topological polar surface area (TPSA) is 6.48 Å². The Balaban J connectivity index is 1.44. The van der Waals surface area contributed by atoms with E-state index in [0.29, 0.717) is 0 Å². The molecule has 1 saturated heterocycles. The molecule has 0 aliphatic carbocycles. The second kappa shape index (κ2) is 9.68. The van der Waals surface area contributed by atoms with Crippen LogP contribution in [0, 0.1) is 11.6 Å². The van der Waals surface area contributed by atoms with Crippen LogP contribution < -0.4 is 0 Å². The number of hydrogen-bond acceptors (Lipinski definition) is 2. The summed E-state index contributed by atoms with van der Waals surface area (Å²) in [6.45, 7) is 3.61. The summed E-state index contributed by atoms with van der Waals surface area (Å²) in [4.78, 5) is 4.73. The minimum atomic E-state index is -0.245. The van der Waals surface area contributed by atoms with Gasteiger partial charge in [-0.05, 0) is 53.6 Å². The molecule has 30 heavy (non-hydrogen) atoms. The molecule has 0 radical (unpaired) electrons. The summed E-state index contributed by atoms with van der Waals surface area (Å²) >= 11 is 0. The maximum absolute atomic E-state index is 13.5. The number of hydrogen-bond donors (Lipinski definition) is 0. The van der Waals surface area contributed by atoms with Gasteiger partial charge in [0.25, 0.3) is 0 Å². The third-order valence-corrected chi connectivity index (χ3v) is 5.60. The Kier molecular flexibility index (Phi) is 6.55. The average Bonchev–Trinajstić information content (AvgIpc) is 2.78. The first-order valence-corrected chi connectivity index (χ1v) is 10.4. The highest BCUT2D eigenvalue weighted by molar-refractivity contribution is 5.32. The number of allylic oxidation sites excluding steroid dienone is 1. The standard InChI is InChI=1S/C26H26F2N2/c27-24-12-8-22(9-13-24)26(23-10-14-25(28)15-11-23)30-19-17-29(18-20-30)16-4-7-21-5-2-1-3-6-21/h1-6,8-16,26H,7,17-20H2/b16-4-. The van der Waals surface area contributed by atoms with E-state index in [9.17, 15) is 8.78 Å². The first-order valence-electron chi connectivity index (χ1n) is 10.4. The molecule has 0 aromatic heterocycles. The van der Waals surface area contributed by atoms with Gasteiger partial charge < -0.3 is 4.90 Å². The molecule has 0 unspecified atom stereocenters. The van der Waals surface area contributed by atoms with Crippen LogP contribution >= 0.6 is 0 Å². The van der Waals surface area contributed by atoms with Crippen LogP contribution in [-0.2, 0) is 6.42 Å². The summed E-state index contributed by atoms with van der Waals surface area (Å²) in [5.41, 5.74) is 3.35. The van der Waals surface area contributed by atoms with Crippen molar-refractivity contribution in [3.63, 3.8) is 0 Å². The fourth-order valence-electron chi connectivity index (χ4n) is 4.00. The summed E-state index contributed by atoms with van der Waals surface area (Å²) in [5, 5.41) is 0. The van der Waals surface area contributed by atoms with Crippen LogP contribution in [0.3, 0.4) is 0 Å². The molecule has 2 nitrogen and oxygen atoms in total. The average molecular weight is 405 g/mol. The molecule has 1 aliphatic heterocycles. The van der Waals surface area contributed by atoms with Gasteiger partial charge in [-0.2, -0.15) is 0 Å². The second-order valence-electron chi connectivity index (χ2n) is 7.65. The molecular formula is C26H26F2N2. The van der Waals surface area contributed by atoms with Crippen LogP contribution in [0.2, 0.25) is 0 Å². The lowest BCUT2D eigenvalue weighted by Gasteiger charge is -2.39. The monoisotopic (exact) mass is 404 g/mol. The second-order valence-corrected chi connectivity index (χ2v) is 7.65. The van der Waals surface area contributed by atoms with Crippen LogP contribution in [0.25, 0.3) is 0 Å². The molecule has 4 rings (SSSR count). The normalized spacial score (nSPS) is 15.2. The molecule has 0 amide bonds. The van der Waals surface area contributed by atoms with Crippen molar-refractivity contribution in [2.45, 2.75) is 12.5 Å². The van der Waals surface area contributed by atoms with Crippen LogP contribution in [0.5, 0.6) is 0 Å². The van der Waals surface area contributed by atoms with Crippen molar-refractivity contribution in [1.29, 1.82) is 0 Å². The number of benzene rings is 3. The smallest absolute Gasteiger partial charge is 0.123 e. The highest BCUT2D eigenvalue weighted by atomic mass is 19.1. The predicted octanol–water partition coefficient (Wildman–Crippen LogP) is 5.43. The summed E-state index contributed by atoms with van der Waals surface area (Å²) in [5.74, 6) is -0.491. The number of rotatable bonds is 6. The van der Waals surface area contributed by atoms with E-state index in [-0.39, 0.29) is 17.7 Å². The minimum absolute atomic E-state index is 0.0124. The highest BCUT2D eigenvalue weighted by Gasteiger charge is 2.25. The van der Waals surface area contributed by atoms with Gasteiger partial charge in [0.05, 0.1) is 6.04 Å². The van der Waals surface area contributed by atoms with Crippen molar-refractivity contribution in [2.24, 2.45) is 0 Å². The first kappa shape index (κ1) is 20.3. The third-order valence-electron chi connectivity index (χ3n) is 5.60.